The minimum atomic E-state index is -0.413. The highest BCUT2D eigenvalue weighted by molar-refractivity contribution is 5.92. The normalized spacial score (nSPS) is 13.8. The molecule has 4 nitrogen and oxygen atoms in total. The topological polar surface area (TPSA) is 68.3 Å². The second kappa shape index (κ2) is 6.96. The molecule has 0 aliphatic rings. The highest BCUT2D eigenvalue weighted by atomic mass is 35.5. The molecule has 0 fully saturated rings. The van der Waals surface area contributed by atoms with Gasteiger partial charge >= 0.3 is 0 Å². The first-order valence-electron chi connectivity index (χ1n) is 6.46. The number of nitrogens with one attached hydrogen (secondary N) is 1. The molecule has 1 heterocycles. The van der Waals surface area contributed by atoms with Gasteiger partial charge in [0.15, 0.2) is 5.76 Å². The highest BCUT2D eigenvalue weighted by Crippen LogP contribution is 2.19. The van der Waals surface area contributed by atoms with Crippen molar-refractivity contribution in [2.75, 3.05) is 6.54 Å². The molecule has 0 aliphatic carbocycles. The Bertz CT molecular complexity index is 429. The second-order valence-corrected chi connectivity index (χ2v) is 5.30. The molecule has 0 aromatic carbocycles. The van der Waals surface area contributed by atoms with Crippen LogP contribution in [-0.2, 0) is 6.42 Å². The Labute approximate surface area is 121 Å². The minimum absolute atomic E-state index is 0. The van der Waals surface area contributed by atoms with Crippen LogP contribution in [0.5, 0.6) is 0 Å². The lowest BCUT2D eigenvalue weighted by Crippen LogP contribution is -2.54. The fourth-order valence-corrected chi connectivity index (χ4v) is 1.73. The van der Waals surface area contributed by atoms with Crippen LogP contribution in [0.3, 0.4) is 0 Å². The summed E-state index contributed by atoms with van der Waals surface area (Å²) in [6.45, 7) is 10.4. The number of hydrogen-bond donors (Lipinski definition) is 2. The molecule has 110 valence electrons. The van der Waals surface area contributed by atoms with E-state index >= 15 is 0 Å². The van der Waals surface area contributed by atoms with Gasteiger partial charge in [-0.25, -0.2) is 0 Å². The van der Waals surface area contributed by atoms with Gasteiger partial charge in [0.05, 0.1) is 5.54 Å². The summed E-state index contributed by atoms with van der Waals surface area (Å²) in [5, 5.41) is 2.97. The maximum Gasteiger partial charge on any atom is 0.287 e. The Morgan fingerprint density at radius 3 is 2.47 bits per heavy atom. The molecule has 0 aliphatic heterocycles. The summed E-state index contributed by atoms with van der Waals surface area (Å²) in [5.74, 6) is 1.29. The first-order chi connectivity index (χ1) is 8.34. The van der Waals surface area contributed by atoms with Crippen LogP contribution in [0, 0.1) is 12.8 Å². The monoisotopic (exact) mass is 288 g/mol. The van der Waals surface area contributed by atoms with Gasteiger partial charge in [-0.1, -0.05) is 20.8 Å². The molecule has 1 unspecified atom stereocenters. The van der Waals surface area contributed by atoms with Crippen molar-refractivity contribution in [2.45, 2.75) is 46.6 Å². The molecule has 0 spiro atoms. The van der Waals surface area contributed by atoms with E-state index in [9.17, 15) is 4.79 Å². The summed E-state index contributed by atoms with van der Waals surface area (Å²) in [4.78, 5) is 12.1. The molecule has 0 saturated carbocycles. The van der Waals surface area contributed by atoms with Gasteiger partial charge in [0.1, 0.15) is 5.76 Å². The van der Waals surface area contributed by atoms with E-state index in [0.717, 1.165) is 17.7 Å². The van der Waals surface area contributed by atoms with Crippen molar-refractivity contribution < 1.29 is 9.21 Å². The molecule has 1 aromatic rings. The van der Waals surface area contributed by atoms with Crippen LogP contribution in [0.2, 0.25) is 0 Å². The summed E-state index contributed by atoms with van der Waals surface area (Å²) in [7, 11) is 0. The zero-order valence-electron chi connectivity index (χ0n) is 12.4. The van der Waals surface area contributed by atoms with E-state index in [4.69, 9.17) is 10.2 Å². The third-order valence-electron chi connectivity index (χ3n) is 3.66. The summed E-state index contributed by atoms with van der Waals surface area (Å²) >= 11 is 0. The first kappa shape index (κ1) is 18.0. The van der Waals surface area contributed by atoms with Crippen molar-refractivity contribution in [1.82, 2.24) is 5.32 Å². The van der Waals surface area contributed by atoms with Crippen LogP contribution >= 0.6 is 12.4 Å². The SMILES string of the molecule is CCc1oc(C(=O)NC(C)(CN)C(C)C)cc1C.Cl. The van der Waals surface area contributed by atoms with Gasteiger partial charge in [-0.2, -0.15) is 0 Å². The van der Waals surface area contributed by atoms with E-state index in [1.54, 1.807) is 6.07 Å². The molecule has 5 heteroatoms. The molecule has 1 amide bonds. The number of furan rings is 1. The van der Waals surface area contributed by atoms with Crippen LogP contribution < -0.4 is 11.1 Å². The van der Waals surface area contributed by atoms with Crippen molar-refractivity contribution in [2.24, 2.45) is 11.7 Å². The number of carbonyl (C=O) groups is 1. The van der Waals surface area contributed by atoms with Gasteiger partial charge in [0.2, 0.25) is 0 Å². The van der Waals surface area contributed by atoms with Gasteiger partial charge in [0.25, 0.3) is 5.91 Å². The fraction of sp³-hybridized carbons (Fsp3) is 0.643. The number of halogens is 1. The van der Waals surface area contributed by atoms with Crippen LogP contribution in [0.25, 0.3) is 0 Å². The Kier molecular flexibility index (Phi) is 6.60. The Balaban J connectivity index is 0.00000324. The van der Waals surface area contributed by atoms with Crippen LogP contribution in [0.4, 0.5) is 0 Å². The average molecular weight is 289 g/mol. The lowest BCUT2D eigenvalue weighted by atomic mass is 9.88. The summed E-state index contributed by atoms with van der Waals surface area (Å²) < 4.78 is 5.54. The third kappa shape index (κ3) is 3.98. The molecule has 3 N–H and O–H groups in total. The average Bonchev–Trinajstić information content (AvgIpc) is 2.70. The molecule has 0 bridgehead atoms. The maximum atomic E-state index is 12.1. The van der Waals surface area contributed by atoms with E-state index in [0.29, 0.717) is 12.3 Å². The molecule has 1 atom stereocenters. The lowest BCUT2D eigenvalue weighted by molar-refractivity contribution is 0.0853. The number of nitrogens with two attached hydrogens (primary N) is 1. The van der Waals surface area contributed by atoms with Gasteiger partial charge in [-0.05, 0) is 31.4 Å². The molecule has 0 radical (unpaired) electrons. The fourth-order valence-electron chi connectivity index (χ4n) is 1.73. The predicted molar refractivity (Wildman–Crippen MR) is 79.8 cm³/mol. The number of amides is 1. The Morgan fingerprint density at radius 1 is 1.53 bits per heavy atom. The summed E-state index contributed by atoms with van der Waals surface area (Å²) in [6, 6.07) is 1.78. The standard InChI is InChI=1S/C14H24N2O2.ClH/c1-6-11-10(4)7-12(18-11)13(17)16-14(5,8-15)9(2)3;/h7,9H,6,8,15H2,1-5H3,(H,16,17);1H. The second-order valence-electron chi connectivity index (χ2n) is 5.30. The predicted octanol–water partition coefficient (Wildman–Crippen LogP) is 2.68. The summed E-state index contributed by atoms with van der Waals surface area (Å²) in [6.07, 6.45) is 0.789. The largest absolute Gasteiger partial charge is 0.456 e. The van der Waals surface area contributed by atoms with E-state index in [-0.39, 0.29) is 24.2 Å². The van der Waals surface area contributed by atoms with Gasteiger partial charge in [-0.3, -0.25) is 4.79 Å². The van der Waals surface area contributed by atoms with Crippen molar-refractivity contribution in [3.8, 4) is 0 Å². The van der Waals surface area contributed by atoms with Crippen molar-refractivity contribution in [3.63, 3.8) is 0 Å². The van der Waals surface area contributed by atoms with E-state index in [1.165, 1.54) is 0 Å². The zero-order chi connectivity index (χ0) is 13.9. The van der Waals surface area contributed by atoms with Crippen molar-refractivity contribution >= 4 is 18.3 Å². The zero-order valence-corrected chi connectivity index (χ0v) is 13.2. The van der Waals surface area contributed by atoms with E-state index in [2.05, 4.69) is 5.32 Å². The van der Waals surface area contributed by atoms with Gasteiger partial charge in [0, 0.05) is 13.0 Å². The van der Waals surface area contributed by atoms with Gasteiger partial charge in [-0.15, -0.1) is 12.4 Å². The molecule has 19 heavy (non-hydrogen) atoms. The maximum absolute atomic E-state index is 12.1. The molecule has 0 saturated heterocycles. The van der Waals surface area contributed by atoms with Gasteiger partial charge < -0.3 is 15.5 Å². The number of carbonyl (C=O) groups excluding carboxylic acids is 1. The number of rotatable bonds is 5. The molecule has 1 rings (SSSR count). The Morgan fingerprint density at radius 2 is 2.11 bits per heavy atom. The van der Waals surface area contributed by atoms with Crippen LogP contribution in [-0.4, -0.2) is 18.0 Å². The smallest absolute Gasteiger partial charge is 0.287 e. The van der Waals surface area contributed by atoms with Crippen LogP contribution in [0.15, 0.2) is 10.5 Å². The molecular weight excluding hydrogens is 264 g/mol. The van der Waals surface area contributed by atoms with E-state index < -0.39 is 5.54 Å². The number of aryl methyl sites for hydroxylation is 2. The Hall–Kier alpha value is -1.00. The van der Waals surface area contributed by atoms with Crippen molar-refractivity contribution in [1.29, 1.82) is 0 Å². The first-order valence-corrected chi connectivity index (χ1v) is 6.46. The summed E-state index contributed by atoms with van der Waals surface area (Å²) in [5.41, 5.74) is 6.35. The molecular formula is C14H25ClN2O2. The lowest BCUT2D eigenvalue weighted by Gasteiger charge is -2.33. The minimum Gasteiger partial charge on any atom is -0.456 e. The van der Waals surface area contributed by atoms with Crippen LogP contribution in [0.1, 0.15) is 49.6 Å². The number of hydrogen-bond acceptors (Lipinski definition) is 3. The highest BCUT2D eigenvalue weighted by Gasteiger charge is 2.30. The molecule has 1 aromatic heterocycles. The third-order valence-corrected chi connectivity index (χ3v) is 3.66. The van der Waals surface area contributed by atoms with Crippen molar-refractivity contribution in [3.05, 3.63) is 23.2 Å². The van der Waals surface area contributed by atoms with E-state index in [1.807, 2.05) is 34.6 Å². The quantitative estimate of drug-likeness (QED) is 0.875.